The number of amides is 1. The van der Waals surface area contributed by atoms with Crippen molar-refractivity contribution in [2.75, 3.05) is 18.5 Å². The lowest BCUT2D eigenvalue weighted by molar-refractivity contribution is -0.126. The maximum absolute atomic E-state index is 12.4. The largest absolute Gasteiger partial charge is 0.381 e. The predicted molar refractivity (Wildman–Crippen MR) is 72.6 cm³/mol. The van der Waals surface area contributed by atoms with Crippen LogP contribution < -0.4 is 5.32 Å². The predicted octanol–water partition coefficient (Wildman–Crippen LogP) is 2.56. The fourth-order valence-corrected chi connectivity index (χ4v) is 2.22. The van der Waals surface area contributed by atoms with E-state index >= 15 is 0 Å². The van der Waals surface area contributed by atoms with Crippen LogP contribution in [-0.2, 0) is 9.53 Å². The number of carbonyl (C=O) groups excluding carboxylic acids is 1. The molecule has 0 spiro atoms. The Balaban J connectivity index is 2.20. The van der Waals surface area contributed by atoms with Gasteiger partial charge in [-0.15, -0.1) is 0 Å². The molecule has 0 aliphatic carbocycles. The van der Waals surface area contributed by atoms with Crippen LogP contribution >= 0.6 is 0 Å². The van der Waals surface area contributed by atoms with Gasteiger partial charge in [0.2, 0.25) is 5.91 Å². The summed E-state index contributed by atoms with van der Waals surface area (Å²) in [6.07, 6.45) is 0.917. The van der Waals surface area contributed by atoms with Gasteiger partial charge in [0.25, 0.3) is 0 Å². The van der Waals surface area contributed by atoms with Crippen LogP contribution in [0.2, 0.25) is 0 Å². The van der Waals surface area contributed by atoms with Crippen molar-refractivity contribution in [3.05, 3.63) is 29.3 Å². The van der Waals surface area contributed by atoms with Crippen LogP contribution in [0.3, 0.4) is 0 Å². The molecule has 19 heavy (non-hydrogen) atoms. The summed E-state index contributed by atoms with van der Waals surface area (Å²) in [6, 6.07) is 8.07. The molecule has 1 amide bonds. The van der Waals surface area contributed by atoms with Crippen LogP contribution in [0.25, 0.3) is 0 Å². The van der Waals surface area contributed by atoms with Crippen molar-refractivity contribution < 1.29 is 9.53 Å². The molecule has 1 fully saturated rings. The molecule has 1 aliphatic rings. The van der Waals surface area contributed by atoms with Gasteiger partial charge in [-0.1, -0.05) is 12.1 Å². The fraction of sp³-hybridized carbons (Fsp3) is 0.467. The van der Waals surface area contributed by atoms with Gasteiger partial charge >= 0.3 is 0 Å². The Kier molecular flexibility index (Phi) is 3.87. The number of nitriles is 1. The molecule has 4 heteroatoms. The van der Waals surface area contributed by atoms with Gasteiger partial charge in [-0.2, -0.15) is 5.26 Å². The van der Waals surface area contributed by atoms with Gasteiger partial charge in [-0.25, -0.2) is 0 Å². The maximum atomic E-state index is 12.4. The van der Waals surface area contributed by atoms with E-state index in [-0.39, 0.29) is 5.91 Å². The van der Waals surface area contributed by atoms with E-state index in [1.54, 1.807) is 0 Å². The van der Waals surface area contributed by atoms with Crippen molar-refractivity contribution in [3.63, 3.8) is 0 Å². The monoisotopic (exact) mass is 258 g/mol. The summed E-state index contributed by atoms with van der Waals surface area (Å²) in [5, 5.41) is 12.2. The Labute approximate surface area is 113 Å². The van der Waals surface area contributed by atoms with Gasteiger partial charge in [-0.05, 0) is 43.9 Å². The highest BCUT2D eigenvalue weighted by Gasteiger charge is 2.40. The van der Waals surface area contributed by atoms with Crippen molar-refractivity contribution in [3.8, 4) is 6.07 Å². The molecule has 1 saturated heterocycles. The lowest BCUT2D eigenvalue weighted by Gasteiger charge is -2.29. The second kappa shape index (κ2) is 5.41. The van der Waals surface area contributed by atoms with Crippen LogP contribution in [0.5, 0.6) is 0 Å². The van der Waals surface area contributed by atoms with E-state index in [1.807, 2.05) is 32.0 Å². The zero-order valence-corrected chi connectivity index (χ0v) is 11.3. The molecular formula is C15H18N2O2. The molecule has 100 valence electrons. The topological polar surface area (TPSA) is 62.1 Å². The van der Waals surface area contributed by atoms with E-state index in [2.05, 4.69) is 11.4 Å². The molecule has 2 rings (SSSR count). The van der Waals surface area contributed by atoms with Crippen LogP contribution in [0.1, 0.15) is 24.0 Å². The van der Waals surface area contributed by atoms with E-state index in [1.165, 1.54) is 0 Å². The van der Waals surface area contributed by atoms with Crippen molar-refractivity contribution in [1.29, 1.82) is 5.26 Å². The molecule has 0 radical (unpaired) electrons. The summed E-state index contributed by atoms with van der Waals surface area (Å²) in [4.78, 5) is 12.4. The smallest absolute Gasteiger partial charge is 0.245 e. The quantitative estimate of drug-likeness (QED) is 0.886. The molecule has 1 aliphatic heterocycles. The van der Waals surface area contributed by atoms with Crippen molar-refractivity contribution in [2.45, 2.75) is 26.7 Å². The normalized spacial score (nSPS) is 17.5. The van der Waals surface area contributed by atoms with Gasteiger partial charge < -0.3 is 10.1 Å². The molecule has 0 unspecified atom stereocenters. The first-order valence-electron chi connectivity index (χ1n) is 6.45. The molecule has 1 N–H and O–H groups in total. The number of hydrogen-bond donors (Lipinski definition) is 1. The Morgan fingerprint density at radius 3 is 2.68 bits per heavy atom. The Morgan fingerprint density at radius 2 is 2.05 bits per heavy atom. The van der Waals surface area contributed by atoms with Gasteiger partial charge in [0.15, 0.2) is 0 Å². The number of benzene rings is 1. The van der Waals surface area contributed by atoms with E-state index in [9.17, 15) is 10.1 Å². The van der Waals surface area contributed by atoms with E-state index in [0.717, 1.165) is 16.8 Å². The van der Waals surface area contributed by atoms with Gasteiger partial charge in [-0.3, -0.25) is 4.79 Å². The molecular weight excluding hydrogens is 240 g/mol. The molecule has 1 heterocycles. The number of ether oxygens (including phenoxy) is 1. The molecule has 0 aromatic heterocycles. The number of aryl methyl sites for hydroxylation is 2. The first kappa shape index (κ1) is 13.6. The number of nitrogens with one attached hydrogen (secondary N) is 1. The first-order valence-corrected chi connectivity index (χ1v) is 6.45. The summed E-state index contributed by atoms with van der Waals surface area (Å²) >= 11 is 0. The standard InChI is InChI=1S/C15H18N2O2/c1-11-3-4-12(2)13(9-11)17-14(18)15(10-16)5-7-19-8-6-15/h3-4,9H,5-8H2,1-2H3,(H,17,18). The third kappa shape index (κ3) is 2.77. The van der Waals surface area contributed by atoms with Crippen LogP contribution in [0.4, 0.5) is 5.69 Å². The van der Waals surface area contributed by atoms with Gasteiger partial charge in [0.1, 0.15) is 5.41 Å². The molecule has 0 saturated carbocycles. The lowest BCUT2D eigenvalue weighted by atomic mass is 9.80. The second-order valence-corrected chi connectivity index (χ2v) is 5.08. The Morgan fingerprint density at radius 1 is 1.37 bits per heavy atom. The number of rotatable bonds is 2. The van der Waals surface area contributed by atoms with Crippen molar-refractivity contribution in [2.24, 2.45) is 5.41 Å². The highest BCUT2D eigenvalue weighted by Crippen LogP contribution is 2.31. The average molecular weight is 258 g/mol. The summed E-state index contributed by atoms with van der Waals surface area (Å²) in [5.41, 5.74) is 1.91. The van der Waals surface area contributed by atoms with E-state index in [0.29, 0.717) is 26.1 Å². The number of hydrogen-bond acceptors (Lipinski definition) is 3. The number of nitrogens with zero attached hydrogens (tertiary/aromatic N) is 1. The van der Waals surface area contributed by atoms with Crippen LogP contribution in [0, 0.1) is 30.6 Å². The average Bonchev–Trinajstić information content (AvgIpc) is 2.43. The molecule has 0 bridgehead atoms. The van der Waals surface area contributed by atoms with Gasteiger partial charge in [0.05, 0.1) is 6.07 Å². The molecule has 1 aromatic rings. The summed E-state index contributed by atoms with van der Waals surface area (Å²) in [7, 11) is 0. The summed E-state index contributed by atoms with van der Waals surface area (Å²) in [5.74, 6) is -0.216. The Hall–Kier alpha value is -1.86. The third-order valence-corrected chi connectivity index (χ3v) is 3.64. The zero-order chi connectivity index (χ0) is 13.9. The minimum atomic E-state index is -0.950. The zero-order valence-electron chi connectivity index (χ0n) is 11.3. The minimum absolute atomic E-state index is 0.216. The molecule has 0 atom stereocenters. The number of carbonyl (C=O) groups is 1. The first-order chi connectivity index (χ1) is 9.07. The SMILES string of the molecule is Cc1ccc(C)c(NC(=O)C2(C#N)CCOCC2)c1. The highest BCUT2D eigenvalue weighted by atomic mass is 16.5. The van der Waals surface area contributed by atoms with E-state index < -0.39 is 5.41 Å². The maximum Gasteiger partial charge on any atom is 0.245 e. The lowest BCUT2D eigenvalue weighted by Crippen LogP contribution is -2.40. The van der Waals surface area contributed by atoms with E-state index in [4.69, 9.17) is 4.74 Å². The minimum Gasteiger partial charge on any atom is -0.381 e. The second-order valence-electron chi connectivity index (χ2n) is 5.08. The third-order valence-electron chi connectivity index (χ3n) is 3.64. The Bertz CT molecular complexity index is 525. The van der Waals surface area contributed by atoms with Crippen LogP contribution in [0.15, 0.2) is 18.2 Å². The summed E-state index contributed by atoms with van der Waals surface area (Å²) < 4.78 is 5.24. The highest BCUT2D eigenvalue weighted by molar-refractivity contribution is 5.97. The van der Waals surface area contributed by atoms with Crippen molar-refractivity contribution in [1.82, 2.24) is 0 Å². The number of anilines is 1. The molecule has 1 aromatic carbocycles. The molecule has 4 nitrogen and oxygen atoms in total. The fourth-order valence-electron chi connectivity index (χ4n) is 2.22. The van der Waals surface area contributed by atoms with Crippen molar-refractivity contribution >= 4 is 11.6 Å². The summed E-state index contributed by atoms with van der Waals surface area (Å²) in [6.45, 7) is 4.85. The van der Waals surface area contributed by atoms with Crippen LogP contribution in [-0.4, -0.2) is 19.1 Å². The van der Waals surface area contributed by atoms with Gasteiger partial charge in [0, 0.05) is 18.9 Å².